The summed E-state index contributed by atoms with van der Waals surface area (Å²) in [4.78, 5) is 21.5. The average molecular weight is 371 g/mol. The van der Waals surface area contributed by atoms with Crippen LogP contribution < -0.4 is 4.90 Å². The summed E-state index contributed by atoms with van der Waals surface area (Å²) in [6.07, 6.45) is 8.83. The van der Waals surface area contributed by atoms with Crippen LogP contribution in [0, 0.1) is 5.92 Å². The second-order valence-electron chi connectivity index (χ2n) is 8.25. The highest BCUT2D eigenvalue weighted by molar-refractivity contribution is 5.76. The third kappa shape index (κ3) is 3.92. The van der Waals surface area contributed by atoms with Gasteiger partial charge in [0.15, 0.2) is 0 Å². The Hall–Kier alpha value is -2.18. The predicted molar refractivity (Wildman–Crippen MR) is 105 cm³/mol. The van der Waals surface area contributed by atoms with Crippen LogP contribution in [-0.4, -0.2) is 56.6 Å². The number of carbonyl (C=O) groups excluding carboxylic acids is 1. The molecule has 0 aromatic carbocycles. The van der Waals surface area contributed by atoms with Gasteiger partial charge in [-0.1, -0.05) is 39.5 Å². The van der Waals surface area contributed by atoms with Crippen LogP contribution in [0.3, 0.4) is 0 Å². The molecule has 1 saturated heterocycles. The van der Waals surface area contributed by atoms with Crippen LogP contribution in [0.15, 0.2) is 12.4 Å². The molecule has 1 saturated carbocycles. The fourth-order valence-electron chi connectivity index (χ4n) is 4.40. The van der Waals surface area contributed by atoms with Crippen LogP contribution in [-0.2, 0) is 4.79 Å². The van der Waals surface area contributed by atoms with E-state index < -0.39 is 0 Å². The van der Waals surface area contributed by atoms with Gasteiger partial charge in [-0.25, -0.2) is 0 Å². The van der Waals surface area contributed by atoms with Gasteiger partial charge in [-0.3, -0.25) is 9.20 Å². The highest BCUT2D eigenvalue weighted by atomic mass is 16.2. The lowest BCUT2D eigenvalue weighted by Gasteiger charge is -2.35. The Bertz CT molecular complexity index is 787. The molecular weight excluding hydrogens is 340 g/mol. The van der Waals surface area contributed by atoms with Gasteiger partial charge in [0.05, 0.1) is 0 Å². The van der Waals surface area contributed by atoms with Crippen molar-refractivity contribution in [3.63, 3.8) is 0 Å². The number of carbonyl (C=O) groups is 1. The monoisotopic (exact) mass is 370 g/mol. The van der Waals surface area contributed by atoms with Gasteiger partial charge in [0.25, 0.3) is 5.78 Å². The summed E-state index contributed by atoms with van der Waals surface area (Å²) >= 11 is 0. The summed E-state index contributed by atoms with van der Waals surface area (Å²) in [6, 6.07) is 2.14. The van der Waals surface area contributed by atoms with Crippen molar-refractivity contribution in [1.29, 1.82) is 0 Å². The summed E-state index contributed by atoms with van der Waals surface area (Å²) < 4.78 is 1.96. The maximum Gasteiger partial charge on any atom is 0.256 e. The summed E-state index contributed by atoms with van der Waals surface area (Å²) in [6.45, 7) is 7.53. The molecule has 7 nitrogen and oxygen atoms in total. The van der Waals surface area contributed by atoms with Crippen molar-refractivity contribution < 1.29 is 4.79 Å². The van der Waals surface area contributed by atoms with Crippen molar-refractivity contribution in [2.24, 2.45) is 5.92 Å². The molecule has 2 fully saturated rings. The van der Waals surface area contributed by atoms with E-state index in [1.165, 1.54) is 25.7 Å². The van der Waals surface area contributed by atoms with E-state index >= 15 is 0 Å². The number of piperazine rings is 1. The highest BCUT2D eigenvalue weighted by Gasteiger charge is 2.24. The number of nitrogens with zero attached hydrogens (tertiary/aromatic N) is 6. The molecule has 2 aromatic rings. The van der Waals surface area contributed by atoms with Crippen molar-refractivity contribution in [1.82, 2.24) is 24.5 Å². The SMILES string of the molecule is CC(C)c1cc(N2CCN(C(=O)CCC3CCCC3)CC2)nc2nncn12. The molecule has 2 aromatic heterocycles. The number of aromatic nitrogens is 4. The van der Waals surface area contributed by atoms with Gasteiger partial charge in [-0.05, 0) is 18.3 Å². The summed E-state index contributed by atoms with van der Waals surface area (Å²) in [5.41, 5.74) is 1.16. The predicted octanol–water partition coefficient (Wildman–Crippen LogP) is 2.87. The van der Waals surface area contributed by atoms with E-state index in [-0.39, 0.29) is 0 Å². The fraction of sp³-hybridized carbons (Fsp3) is 0.700. The smallest absolute Gasteiger partial charge is 0.256 e. The maximum atomic E-state index is 12.6. The number of fused-ring (bicyclic) bond motifs is 1. The third-order valence-corrected chi connectivity index (χ3v) is 6.09. The largest absolute Gasteiger partial charge is 0.353 e. The van der Waals surface area contributed by atoms with Crippen molar-refractivity contribution in [3.8, 4) is 0 Å². The van der Waals surface area contributed by atoms with Gasteiger partial charge < -0.3 is 9.80 Å². The lowest BCUT2D eigenvalue weighted by Crippen LogP contribution is -2.49. The topological polar surface area (TPSA) is 66.6 Å². The van der Waals surface area contributed by atoms with Gasteiger partial charge in [0, 0.05) is 44.4 Å². The van der Waals surface area contributed by atoms with E-state index in [2.05, 4.69) is 40.0 Å². The zero-order chi connectivity index (χ0) is 18.8. The number of anilines is 1. The molecule has 0 bridgehead atoms. The number of hydrogen-bond donors (Lipinski definition) is 0. The minimum absolute atomic E-state index is 0.324. The van der Waals surface area contributed by atoms with Crippen LogP contribution in [0.2, 0.25) is 0 Å². The molecule has 4 rings (SSSR count). The molecule has 0 N–H and O–H groups in total. The molecule has 1 amide bonds. The highest BCUT2D eigenvalue weighted by Crippen LogP contribution is 2.29. The molecule has 3 heterocycles. The first kappa shape index (κ1) is 18.2. The number of amides is 1. The van der Waals surface area contributed by atoms with Crippen molar-refractivity contribution in [3.05, 3.63) is 18.1 Å². The third-order valence-electron chi connectivity index (χ3n) is 6.09. The molecular formula is C20H30N6O. The molecule has 0 spiro atoms. The second kappa shape index (κ2) is 7.82. The zero-order valence-electron chi connectivity index (χ0n) is 16.5. The van der Waals surface area contributed by atoms with Gasteiger partial charge >= 0.3 is 0 Å². The Labute approximate surface area is 160 Å². The summed E-state index contributed by atoms with van der Waals surface area (Å²) in [5.74, 6) is 3.06. The molecule has 1 aliphatic carbocycles. The van der Waals surface area contributed by atoms with Gasteiger partial charge in [0.2, 0.25) is 5.91 Å². The standard InChI is InChI=1S/C20H30N6O/c1-15(2)17-13-18(22-20-23-21-14-26(17)20)24-9-11-25(12-10-24)19(27)8-7-16-5-3-4-6-16/h13-16H,3-12H2,1-2H3. The average Bonchev–Trinajstić information content (AvgIpc) is 3.36. The summed E-state index contributed by atoms with van der Waals surface area (Å²) in [5, 5.41) is 8.13. The van der Waals surface area contributed by atoms with Crippen molar-refractivity contribution in [2.45, 2.75) is 58.3 Å². The fourth-order valence-corrected chi connectivity index (χ4v) is 4.40. The Morgan fingerprint density at radius 1 is 1.19 bits per heavy atom. The molecule has 7 heteroatoms. The van der Waals surface area contributed by atoms with Crippen LogP contribution in [0.1, 0.15) is 64.0 Å². The Morgan fingerprint density at radius 2 is 1.93 bits per heavy atom. The van der Waals surface area contributed by atoms with Crippen LogP contribution in [0.25, 0.3) is 5.78 Å². The lowest BCUT2D eigenvalue weighted by atomic mass is 10.0. The quantitative estimate of drug-likeness (QED) is 0.810. The molecule has 0 atom stereocenters. The Balaban J connectivity index is 1.37. The first-order chi connectivity index (χ1) is 13.1. The number of rotatable bonds is 5. The van der Waals surface area contributed by atoms with Gasteiger partial charge in [-0.15, -0.1) is 10.2 Å². The maximum absolute atomic E-state index is 12.6. The first-order valence-corrected chi connectivity index (χ1v) is 10.3. The van der Waals surface area contributed by atoms with Crippen LogP contribution >= 0.6 is 0 Å². The molecule has 27 heavy (non-hydrogen) atoms. The van der Waals surface area contributed by atoms with E-state index in [1.807, 2.05) is 9.30 Å². The van der Waals surface area contributed by atoms with Crippen LogP contribution in [0.4, 0.5) is 5.82 Å². The Kier molecular flexibility index (Phi) is 5.27. The van der Waals surface area contributed by atoms with Gasteiger partial charge in [-0.2, -0.15) is 4.98 Å². The van der Waals surface area contributed by atoms with Crippen molar-refractivity contribution in [2.75, 3.05) is 31.1 Å². The lowest BCUT2D eigenvalue weighted by molar-refractivity contribution is -0.131. The van der Waals surface area contributed by atoms with E-state index in [0.717, 1.165) is 50.0 Å². The van der Waals surface area contributed by atoms with E-state index in [4.69, 9.17) is 0 Å². The van der Waals surface area contributed by atoms with Crippen LogP contribution in [0.5, 0.6) is 0 Å². The van der Waals surface area contributed by atoms with E-state index in [1.54, 1.807) is 6.33 Å². The van der Waals surface area contributed by atoms with Gasteiger partial charge in [0.1, 0.15) is 12.1 Å². The molecule has 1 aliphatic heterocycles. The van der Waals surface area contributed by atoms with E-state index in [9.17, 15) is 4.79 Å². The summed E-state index contributed by atoms with van der Waals surface area (Å²) in [7, 11) is 0. The molecule has 0 radical (unpaired) electrons. The molecule has 0 unspecified atom stereocenters. The first-order valence-electron chi connectivity index (χ1n) is 10.3. The zero-order valence-corrected chi connectivity index (χ0v) is 16.5. The van der Waals surface area contributed by atoms with E-state index in [0.29, 0.717) is 24.0 Å². The Morgan fingerprint density at radius 3 is 2.63 bits per heavy atom. The second-order valence-corrected chi connectivity index (χ2v) is 8.25. The number of hydrogen-bond acceptors (Lipinski definition) is 5. The molecule has 2 aliphatic rings. The minimum atomic E-state index is 0.324. The van der Waals surface area contributed by atoms with Crippen molar-refractivity contribution >= 4 is 17.5 Å². The molecule has 146 valence electrons. The normalized spacial score (nSPS) is 18.8. The minimum Gasteiger partial charge on any atom is -0.353 e.